The van der Waals surface area contributed by atoms with Gasteiger partial charge in [-0.05, 0) is 62.9 Å². The number of sulfonamides is 1. The van der Waals surface area contributed by atoms with Gasteiger partial charge in [0.15, 0.2) is 0 Å². The molecule has 6 nitrogen and oxygen atoms in total. The minimum atomic E-state index is -3.36. The Morgan fingerprint density at radius 3 is 2.50 bits per heavy atom. The molecule has 1 fully saturated rings. The molecule has 0 bridgehead atoms. The van der Waals surface area contributed by atoms with Crippen LogP contribution in [0.4, 0.5) is 10.1 Å². The van der Waals surface area contributed by atoms with Gasteiger partial charge in [0.05, 0.1) is 23.2 Å². The number of piperidine rings is 1. The van der Waals surface area contributed by atoms with E-state index in [0.717, 1.165) is 5.56 Å². The van der Waals surface area contributed by atoms with Gasteiger partial charge in [0.1, 0.15) is 5.67 Å². The normalized spacial score (nSPS) is 20.4. The Bertz CT molecular complexity index is 1160. The first-order valence-corrected chi connectivity index (χ1v) is 12.8. The van der Waals surface area contributed by atoms with Crippen LogP contribution in [-0.2, 0) is 21.2 Å². The topological polar surface area (TPSA) is 70.6 Å². The lowest BCUT2D eigenvalue weighted by Gasteiger charge is -2.37. The molecule has 1 aromatic heterocycles. The summed E-state index contributed by atoms with van der Waals surface area (Å²) in [5, 5.41) is 0.547. The van der Waals surface area contributed by atoms with Crippen LogP contribution in [-0.4, -0.2) is 42.5 Å². The van der Waals surface area contributed by atoms with Crippen molar-refractivity contribution in [2.24, 2.45) is 0 Å². The number of nitrogens with zero attached hydrogens (tertiary/aromatic N) is 3. The summed E-state index contributed by atoms with van der Waals surface area (Å²) in [6, 6.07) is 6.84. The van der Waals surface area contributed by atoms with E-state index < -0.39 is 21.2 Å². The van der Waals surface area contributed by atoms with Gasteiger partial charge >= 0.3 is 0 Å². The summed E-state index contributed by atoms with van der Waals surface area (Å²) >= 11 is 6.16. The molecule has 0 unspecified atom stereocenters. The zero-order chi connectivity index (χ0) is 23.3. The van der Waals surface area contributed by atoms with Gasteiger partial charge in [0.2, 0.25) is 10.0 Å². The first-order chi connectivity index (χ1) is 15.0. The van der Waals surface area contributed by atoms with E-state index in [1.807, 2.05) is 20.8 Å². The van der Waals surface area contributed by atoms with E-state index in [1.54, 1.807) is 35.4 Å². The summed E-state index contributed by atoms with van der Waals surface area (Å²) in [5.74, 6) is -0.117. The van der Waals surface area contributed by atoms with E-state index in [2.05, 4.69) is 4.98 Å². The fourth-order valence-electron chi connectivity index (χ4n) is 4.73. The zero-order valence-corrected chi connectivity index (χ0v) is 20.0. The second-order valence-corrected chi connectivity index (χ2v) is 11.5. The third-order valence-electron chi connectivity index (χ3n) is 6.50. The van der Waals surface area contributed by atoms with Crippen molar-refractivity contribution in [1.29, 1.82) is 0 Å². The van der Waals surface area contributed by atoms with Gasteiger partial charge in [0.25, 0.3) is 5.91 Å². The van der Waals surface area contributed by atoms with Crippen molar-refractivity contribution in [3.63, 3.8) is 0 Å². The molecule has 0 spiro atoms. The Labute approximate surface area is 193 Å². The third kappa shape index (κ3) is 3.82. The molecule has 2 aromatic rings. The molecule has 0 saturated carbocycles. The minimum absolute atomic E-state index is 0.0499. The van der Waals surface area contributed by atoms with Crippen LogP contribution in [0.3, 0.4) is 0 Å². The average Bonchev–Trinajstić information content (AvgIpc) is 2.93. The molecule has 1 saturated heterocycles. The minimum Gasteiger partial charge on any atom is -0.297 e. The van der Waals surface area contributed by atoms with Crippen molar-refractivity contribution in [2.75, 3.05) is 23.7 Å². The molecule has 1 aromatic carbocycles. The van der Waals surface area contributed by atoms with Crippen molar-refractivity contribution in [2.45, 2.75) is 51.2 Å². The Morgan fingerprint density at radius 1 is 1.16 bits per heavy atom. The summed E-state index contributed by atoms with van der Waals surface area (Å²) in [7, 11) is -3.36. The fraction of sp³-hybridized carbons (Fsp3) is 0.478. The molecule has 2 aliphatic heterocycles. The highest BCUT2D eigenvalue weighted by Crippen LogP contribution is 2.44. The molecule has 172 valence electrons. The molecule has 2 aliphatic rings. The van der Waals surface area contributed by atoms with Gasteiger partial charge in [-0.1, -0.05) is 18.5 Å². The molecule has 0 radical (unpaired) electrons. The van der Waals surface area contributed by atoms with Crippen LogP contribution in [0.1, 0.15) is 61.5 Å². The van der Waals surface area contributed by atoms with E-state index in [1.165, 1.54) is 10.5 Å². The maximum absolute atomic E-state index is 15.9. The van der Waals surface area contributed by atoms with E-state index in [9.17, 15) is 13.2 Å². The SMILES string of the molecule is CCCS(=O)(=O)N1CCC(F)(c2cncc(N3C(=O)c4ccc(Cl)cc4C3(C)C)c2)CC1. The van der Waals surface area contributed by atoms with Crippen LogP contribution < -0.4 is 4.90 Å². The number of anilines is 1. The van der Waals surface area contributed by atoms with Crippen molar-refractivity contribution in [3.8, 4) is 0 Å². The number of rotatable bonds is 5. The molecule has 0 aliphatic carbocycles. The summed E-state index contributed by atoms with van der Waals surface area (Å²) in [4.78, 5) is 19.0. The van der Waals surface area contributed by atoms with Gasteiger partial charge in [-0.2, -0.15) is 0 Å². The predicted molar refractivity (Wildman–Crippen MR) is 123 cm³/mol. The lowest BCUT2D eigenvalue weighted by Crippen LogP contribution is -2.44. The maximum atomic E-state index is 15.9. The average molecular weight is 480 g/mol. The molecule has 0 atom stereocenters. The van der Waals surface area contributed by atoms with E-state index in [-0.39, 0.29) is 37.6 Å². The van der Waals surface area contributed by atoms with E-state index >= 15 is 4.39 Å². The number of hydrogen-bond donors (Lipinski definition) is 0. The molecule has 1 amide bonds. The van der Waals surface area contributed by atoms with Crippen LogP contribution in [0.15, 0.2) is 36.7 Å². The molecular weight excluding hydrogens is 453 g/mol. The van der Waals surface area contributed by atoms with Crippen molar-refractivity contribution in [3.05, 3.63) is 58.4 Å². The molecule has 4 rings (SSSR count). The van der Waals surface area contributed by atoms with Crippen LogP contribution in [0, 0.1) is 0 Å². The Balaban J connectivity index is 1.62. The predicted octanol–water partition coefficient (Wildman–Crippen LogP) is 4.63. The van der Waals surface area contributed by atoms with E-state index in [0.29, 0.717) is 28.3 Å². The van der Waals surface area contributed by atoms with Crippen LogP contribution in [0.5, 0.6) is 0 Å². The molecule has 0 N–H and O–H groups in total. The highest BCUT2D eigenvalue weighted by molar-refractivity contribution is 7.89. The number of alkyl halides is 1. The number of benzene rings is 1. The largest absolute Gasteiger partial charge is 0.297 e. The quantitative estimate of drug-likeness (QED) is 0.626. The van der Waals surface area contributed by atoms with Gasteiger partial charge in [-0.15, -0.1) is 0 Å². The number of carbonyl (C=O) groups is 1. The van der Waals surface area contributed by atoms with Gasteiger partial charge in [-0.25, -0.2) is 17.1 Å². The Kier molecular flexibility index (Phi) is 5.84. The Hall–Kier alpha value is -2.03. The zero-order valence-electron chi connectivity index (χ0n) is 18.4. The smallest absolute Gasteiger partial charge is 0.259 e. The number of amides is 1. The maximum Gasteiger partial charge on any atom is 0.259 e. The van der Waals surface area contributed by atoms with Crippen molar-refractivity contribution < 1.29 is 17.6 Å². The van der Waals surface area contributed by atoms with Crippen LogP contribution in [0.2, 0.25) is 5.02 Å². The number of carbonyl (C=O) groups excluding carboxylic acids is 1. The monoisotopic (exact) mass is 479 g/mol. The van der Waals surface area contributed by atoms with Crippen LogP contribution >= 0.6 is 11.6 Å². The van der Waals surface area contributed by atoms with Crippen molar-refractivity contribution >= 4 is 33.2 Å². The summed E-state index contributed by atoms with van der Waals surface area (Å²) in [5.41, 5.74) is -0.148. The summed E-state index contributed by atoms with van der Waals surface area (Å²) in [6.45, 7) is 5.90. The molecular formula is C23H27ClFN3O3S. The summed E-state index contributed by atoms with van der Waals surface area (Å²) < 4.78 is 42.0. The van der Waals surface area contributed by atoms with Gasteiger partial charge in [0, 0.05) is 35.4 Å². The number of aromatic nitrogens is 1. The second kappa shape index (κ2) is 8.08. The van der Waals surface area contributed by atoms with Gasteiger partial charge < -0.3 is 0 Å². The number of halogens is 2. The lowest BCUT2D eigenvalue weighted by atomic mass is 9.87. The third-order valence-corrected chi connectivity index (χ3v) is 8.81. The van der Waals surface area contributed by atoms with E-state index in [4.69, 9.17) is 11.6 Å². The number of fused-ring (bicyclic) bond motifs is 1. The number of pyridine rings is 1. The van der Waals surface area contributed by atoms with Crippen molar-refractivity contribution in [1.82, 2.24) is 9.29 Å². The fourth-order valence-corrected chi connectivity index (χ4v) is 6.42. The highest BCUT2D eigenvalue weighted by atomic mass is 35.5. The summed E-state index contributed by atoms with van der Waals surface area (Å²) in [6.07, 6.45) is 3.65. The highest BCUT2D eigenvalue weighted by Gasteiger charge is 2.45. The molecule has 32 heavy (non-hydrogen) atoms. The standard InChI is InChI=1S/C23H27ClFN3O3S/c1-4-11-32(30,31)27-9-7-23(25,8-10-27)16-12-18(15-26-14-16)28-21(29)19-6-5-17(24)13-20(19)22(28,2)3/h5-6,12-15H,4,7-11H2,1-3H3. The lowest BCUT2D eigenvalue weighted by molar-refractivity contribution is 0.0864. The Morgan fingerprint density at radius 2 is 1.84 bits per heavy atom. The first kappa shape index (κ1) is 23.1. The molecule has 9 heteroatoms. The molecule has 3 heterocycles. The number of hydrogen-bond acceptors (Lipinski definition) is 4. The van der Waals surface area contributed by atoms with Gasteiger partial charge in [-0.3, -0.25) is 14.7 Å². The second-order valence-electron chi connectivity index (χ2n) is 9.00. The first-order valence-electron chi connectivity index (χ1n) is 10.8. The van der Waals surface area contributed by atoms with Crippen LogP contribution in [0.25, 0.3) is 0 Å².